The molecule has 4 N–H and O–H groups in total. The molecule has 1 saturated carbocycles. The molecule has 2 atom stereocenters. The summed E-state index contributed by atoms with van der Waals surface area (Å²) < 4.78 is 0. The number of rotatable bonds is 3. The summed E-state index contributed by atoms with van der Waals surface area (Å²) >= 11 is 12.3. The first-order valence-electron chi connectivity index (χ1n) is 7.37. The maximum Gasteiger partial charge on any atom is 0.150 e. The second kappa shape index (κ2) is 6.41. The number of hydrogen-bond donors (Lipinski definition) is 2. The van der Waals surface area contributed by atoms with Crippen LogP contribution in [0.1, 0.15) is 30.9 Å². The van der Waals surface area contributed by atoms with E-state index in [0.717, 1.165) is 31.5 Å². The van der Waals surface area contributed by atoms with Crippen LogP contribution in [-0.2, 0) is 0 Å². The Hall–Kier alpha value is -1.36. The zero-order valence-corrected chi connectivity index (χ0v) is 13.6. The molecular weight excluding hydrogens is 319 g/mol. The average molecular weight is 337 g/mol. The van der Waals surface area contributed by atoms with Crippen LogP contribution in [-0.4, -0.2) is 16.5 Å². The van der Waals surface area contributed by atoms with Gasteiger partial charge in [0, 0.05) is 17.7 Å². The van der Waals surface area contributed by atoms with Crippen molar-refractivity contribution in [3.8, 4) is 11.3 Å². The second-order valence-electron chi connectivity index (χ2n) is 5.74. The zero-order chi connectivity index (χ0) is 15.7. The van der Waals surface area contributed by atoms with Crippen molar-refractivity contribution in [1.29, 1.82) is 0 Å². The SMILES string of the molecule is NC[C@H]1CCC(c2cnc(-c3cccc(Cl)c3Cl)c(N)n2)C1. The summed E-state index contributed by atoms with van der Waals surface area (Å²) in [5, 5.41) is 0.924. The van der Waals surface area contributed by atoms with Gasteiger partial charge in [-0.15, -0.1) is 0 Å². The first-order valence-corrected chi connectivity index (χ1v) is 8.12. The lowest BCUT2D eigenvalue weighted by atomic mass is 10.0. The molecule has 1 aromatic heterocycles. The fraction of sp³-hybridized carbons (Fsp3) is 0.375. The Balaban J connectivity index is 1.91. The van der Waals surface area contributed by atoms with Crippen molar-refractivity contribution in [2.45, 2.75) is 25.2 Å². The van der Waals surface area contributed by atoms with E-state index in [9.17, 15) is 0 Å². The fourth-order valence-corrected chi connectivity index (χ4v) is 3.46. The van der Waals surface area contributed by atoms with Crippen LogP contribution in [0.25, 0.3) is 11.3 Å². The lowest BCUT2D eigenvalue weighted by Gasteiger charge is -2.13. The number of nitrogens with zero attached hydrogens (tertiary/aromatic N) is 2. The van der Waals surface area contributed by atoms with Crippen molar-refractivity contribution in [3.05, 3.63) is 40.1 Å². The van der Waals surface area contributed by atoms with Crippen molar-refractivity contribution < 1.29 is 0 Å². The molecule has 0 amide bonds. The van der Waals surface area contributed by atoms with Crippen LogP contribution in [0.3, 0.4) is 0 Å². The summed E-state index contributed by atoms with van der Waals surface area (Å²) in [6.45, 7) is 0.732. The van der Waals surface area contributed by atoms with Gasteiger partial charge < -0.3 is 11.5 Å². The number of nitrogen functional groups attached to an aromatic ring is 1. The highest BCUT2D eigenvalue weighted by Crippen LogP contribution is 2.39. The van der Waals surface area contributed by atoms with E-state index in [4.69, 9.17) is 34.7 Å². The normalized spacial score (nSPS) is 21.2. The summed E-state index contributed by atoms with van der Waals surface area (Å²) in [5.41, 5.74) is 14.1. The Morgan fingerprint density at radius 3 is 2.73 bits per heavy atom. The highest BCUT2D eigenvalue weighted by molar-refractivity contribution is 6.43. The molecule has 116 valence electrons. The minimum atomic E-state index is 0.387. The van der Waals surface area contributed by atoms with E-state index < -0.39 is 0 Å². The number of aromatic nitrogens is 2. The third-order valence-corrected chi connectivity index (χ3v) is 5.14. The van der Waals surface area contributed by atoms with Gasteiger partial charge in [-0.25, -0.2) is 4.98 Å². The van der Waals surface area contributed by atoms with E-state index in [1.54, 1.807) is 12.3 Å². The molecule has 0 spiro atoms. The van der Waals surface area contributed by atoms with Gasteiger partial charge in [-0.1, -0.05) is 35.3 Å². The molecule has 1 aliphatic rings. The topological polar surface area (TPSA) is 77.8 Å². The molecule has 4 nitrogen and oxygen atoms in total. The number of hydrogen-bond acceptors (Lipinski definition) is 4. The van der Waals surface area contributed by atoms with Gasteiger partial charge >= 0.3 is 0 Å². The van der Waals surface area contributed by atoms with E-state index in [-0.39, 0.29) is 0 Å². The fourth-order valence-electron chi connectivity index (χ4n) is 3.07. The smallest absolute Gasteiger partial charge is 0.150 e. The summed E-state index contributed by atoms with van der Waals surface area (Å²) in [7, 11) is 0. The maximum absolute atomic E-state index is 6.24. The van der Waals surface area contributed by atoms with Gasteiger partial charge in [0.05, 0.1) is 15.7 Å². The van der Waals surface area contributed by atoms with E-state index >= 15 is 0 Å². The predicted molar refractivity (Wildman–Crippen MR) is 91.0 cm³/mol. The van der Waals surface area contributed by atoms with Crippen LogP contribution in [0, 0.1) is 5.92 Å². The highest BCUT2D eigenvalue weighted by Gasteiger charge is 2.26. The molecule has 0 bridgehead atoms. The molecule has 0 radical (unpaired) electrons. The zero-order valence-electron chi connectivity index (χ0n) is 12.1. The number of halogens is 2. The summed E-state index contributed by atoms with van der Waals surface area (Å²) in [6.07, 6.45) is 5.09. The third-order valence-electron chi connectivity index (χ3n) is 4.32. The lowest BCUT2D eigenvalue weighted by molar-refractivity contribution is 0.548. The van der Waals surface area contributed by atoms with Crippen LogP contribution >= 0.6 is 23.2 Å². The van der Waals surface area contributed by atoms with E-state index in [2.05, 4.69) is 9.97 Å². The minimum Gasteiger partial charge on any atom is -0.382 e. The first kappa shape index (κ1) is 15.5. The van der Waals surface area contributed by atoms with Gasteiger partial charge in [-0.3, -0.25) is 4.98 Å². The molecule has 6 heteroatoms. The highest BCUT2D eigenvalue weighted by atomic mass is 35.5. The standard InChI is InChI=1S/C16H18Cl2N4/c17-12-3-1-2-11(14(12)18)15-16(20)22-13(8-21-15)10-5-4-9(6-10)7-19/h1-3,8-10H,4-7,19H2,(H2,20,22)/t9-,10?/m0/s1. The number of benzene rings is 1. The van der Waals surface area contributed by atoms with Gasteiger partial charge in [0.2, 0.25) is 0 Å². The summed E-state index contributed by atoms with van der Waals surface area (Å²) in [6, 6.07) is 5.40. The van der Waals surface area contributed by atoms with Crippen LogP contribution in [0.4, 0.5) is 5.82 Å². The predicted octanol–water partition coefficient (Wildman–Crippen LogP) is 3.88. The largest absolute Gasteiger partial charge is 0.382 e. The van der Waals surface area contributed by atoms with E-state index in [0.29, 0.717) is 39.0 Å². The molecule has 0 aliphatic heterocycles. The minimum absolute atomic E-state index is 0.387. The van der Waals surface area contributed by atoms with Gasteiger partial charge in [-0.2, -0.15) is 0 Å². The monoisotopic (exact) mass is 336 g/mol. The van der Waals surface area contributed by atoms with Crippen LogP contribution in [0.15, 0.2) is 24.4 Å². The van der Waals surface area contributed by atoms with Gasteiger partial charge in [0.1, 0.15) is 11.5 Å². The molecule has 0 saturated heterocycles. The Labute approximate surface area is 139 Å². The van der Waals surface area contributed by atoms with Crippen molar-refractivity contribution >= 4 is 29.0 Å². The molecular formula is C16H18Cl2N4. The summed E-state index contributed by atoms with van der Waals surface area (Å²) in [5.74, 6) is 1.36. The van der Waals surface area contributed by atoms with Crippen LogP contribution in [0.5, 0.6) is 0 Å². The van der Waals surface area contributed by atoms with E-state index in [1.165, 1.54) is 0 Å². The van der Waals surface area contributed by atoms with Crippen molar-refractivity contribution in [2.75, 3.05) is 12.3 Å². The Bertz CT molecular complexity index is 690. The number of anilines is 1. The van der Waals surface area contributed by atoms with Crippen LogP contribution in [0.2, 0.25) is 10.0 Å². The molecule has 22 heavy (non-hydrogen) atoms. The first-order chi connectivity index (χ1) is 10.6. The van der Waals surface area contributed by atoms with Gasteiger partial charge in [-0.05, 0) is 37.8 Å². The van der Waals surface area contributed by atoms with Crippen molar-refractivity contribution in [2.24, 2.45) is 11.7 Å². The third kappa shape index (κ3) is 2.91. The van der Waals surface area contributed by atoms with Gasteiger partial charge in [0.15, 0.2) is 0 Å². The molecule has 1 aliphatic carbocycles. The number of nitrogens with two attached hydrogens (primary N) is 2. The molecule has 1 aromatic carbocycles. The molecule has 3 rings (SSSR count). The molecule has 1 heterocycles. The lowest BCUT2D eigenvalue weighted by Crippen LogP contribution is -2.11. The molecule has 1 unspecified atom stereocenters. The van der Waals surface area contributed by atoms with Gasteiger partial charge in [0.25, 0.3) is 0 Å². The van der Waals surface area contributed by atoms with Crippen molar-refractivity contribution in [3.63, 3.8) is 0 Å². The van der Waals surface area contributed by atoms with Crippen molar-refractivity contribution in [1.82, 2.24) is 9.97 Å². The Morgan fingerprint density at radius 1 is 1.23 bits per heavy atom. The second-order valence-corrected chi connectivity index (χ2v) is 6.53. The quantitative estimate of drug-likeness (QED) is 0.891. The molecule has 1 fully saturated rings. The molecule has 2 aromatic rings. The van der Waals surface area contributed by atoms with Crippen LogP contribution < -0.4 is 11.5 Å². The Morgan fingerprint density at radius 2 is 2.05 bits per heavy atom. The maximum atomic E-state index is 6.24. The average Bonchev–Trinajstić information content (AvgIpc) is 2.99. The van der Waals surface area contributed by atoms with E-state index in [1.807, 2.05) is 12.1 Å². The Kier molecular flexibility index (Phi) is 4.52. The summed E-state index contributed by atoms with van der Waals surface area (Å²) in [4.78, 5) is 9.03.